The Morgan fingerprint density at radius 2 is 1.06 bits per heavy atom. The highest BCUT2D eigenvalue weighted by atomic mass is 31.2. The molecule has 35 N–H and O–H groups in total. The number of carbonyl (C=O) groups is 6. The summed E-state index contributed by atoms with van der Waals surface area (Å²) < 4.78 is 81.1. The third-order valence-electron chi connectivity index (χ3n) is 10.4. The largest absolute Gasteiger partial charge is 0.479 e. The number of ether oxygens (including phenoxy) is 1. The van der Waals surface area contributed by atoms with E-state index < -0.39 is 206 Å². The second-order valence-electron chi connectivity index (χ2n) is 20.5. The lowest BCUT2D eigenvalue weighted by Crippen LogP contribution is -2.50. The Bertz CT molecular complexity index is 2670. The van der Waals surface area contributed by atoms with Crippen LogP contribution in [0.4, 0.5) is 0 Å². The highest BCUT2D eigenvalue weighted by Gasteiger charge is 2.33. The van der Waals surface area contributed by atoms with E-state index in [4.69, 9.17) is 133 Å². The molecule has 1 fully saturated rings. The molecule has 47 nitrogen and oxygen atoms in total. The number of esters is 1. The fourth-order valence-electron chi connectivity index (χ4n) is 5.59. The Morgan fingerprint density at radius 3 is 1.34 bits per heavy atom. The molecule has 0 bridgehead atoms. The van der Waals surface area contributed by atoms with Gasteiger partial charge in [0.1, 0.15) is 18.4 Å². The van der Waals surface area contributed by atoms with E-state index in [1.165, 1.54) is 6.92 Å². The Labute approximate surface area is 543 Å². The highest BCUT2D eigenvalue weighted by molar-refractivity contribution is 7.53. The van der Waals surface area contributed by atoms with Crippen LogP contribution in [0, 0.1) is 22.7 Å². The average molecular weight is 1540 g/mol. The zero-order chi connectivity index (χ0) is 76.6. The number of carbonyl (C=O) groups excluding carboxylic acids is 5. The molecule has 0 aromatic rings. The van der Waals surface area contributed by atoms with Gasteiger partial charge in [-0.05, 0) is 37.5 Å². The molecule has 1 aliphatic rings. The number of hydrogen-bond donors (Lipinski definition) is 30. The molecule has 1 saturated heterocycles. The van der Waals surface area contributed by atoms with Crippen LogP contribution in [0.1, 0.15) is 73.1 Å². The van der Waals surface area contributed by atoms with Gasteiger partial charge in [0, 0.05) is 32.9 Å². The van der Waals surface area contributed by atoms with Gasteiger partial charge in [0.2, 0.25) is 23.7 Å². The molecule has 0 radical (unpaired) electrons. The number of rotatable bonds is 33. The second kappa shape index (κ2) is 49.8. The molecule has 1 heterocycles. The summed E-state index contributed by atoms with van der Waals surface area (Å²) >= 11 is 0. The Balaban J connectivity index is -0.000000255. The number of aliphatic hydroxyl groups excluding tert-OH is 5. The number of ketones is 2. The molecule has 54 heteroatoms. The van der Waals surface area contributed by atoms with Crippen LogP contribution in [-0.4, -0.2) is 287 Å². The minimum Gasteiger partial charge on any atom is -0.479 e. The maximum atomic E-state index is 12.2. The number of carboxylic acids is 1. The van der Waals surface area contributed by atoms with Crippen LogP contribution in [0.2, 0.25) is 0 Å². The van der Waals surface area contributed by atoms with E-state index in [-0.39, 0.29) is 63.4 Å². The number of nitrogens with zero attached hydrogens (tertiary/aromatic N) is 2. The molecule has 1 aliphatic heterocycles. The number of nitrogens with one attached hydrogen (secondary N) is 4. The smallest absolute Gasteiger partial charge is 0.338 e. The summed E-state index contributed by atoms with van der Waals surface area (Å²) in [5, 5.41) is 88.9. The van der Waals surface area contributed by atoms with Gasteiger partial charge >= 0.3 is 65.1 Å². The lowest BCUT2D eigenvalue weighted by Gasteiger charge is -2.22. The van der Waals surface area contributed by atoms with Crippen molar-refractivity contribution in [3.8, 4) is 0 Å². The molecule has 1 rings (SSSR count). The van der Waals surface area contributed by atoms with Gasteiger partial charge in [-0.25, -0.2) is 19.7 Å². The van der Waals surface area contributed by atoms with E-state index in [1.54, 1.807) is 27.7 Å². The first-order valence-electron chi connectivity index (χ1n) is 26.9. The number of Topliss-reactive ketones (excluding diaryl/α,β-unsaturated/α-hetero) is 2. The number of aliphatic carboxylic acids is 1. The SMILES string of the molecule is CC(=O)N[C@H](C(=O)OC[C@@H](O)CP(=O)(O)O)C(C)C.CC(C)[C@H](N)C(=O)NC(CCCN(O)C(=N)N)C(=O)CCP(=O)(O)O.N=C(N)N(O)CCCC(N)C(=O)CCP(=O)(O)O.NCP(=O)(O)O.O=C(O)C(O)CP(=O)(O)O.O=P(O)(O)C[C@H](O)CO.O=P1(O)C[C@H](O)CO1. The first-order chi connectivity index (χ1) is 42.4. The molecule has 4 unspecified atom stereocenters. The summed E-state index contributed by atoms with van der Waals surface area (Å²) in [5.41, 5.74) is 25.9. The number of hydroxylamine groups is 4. The average Bonchev–Trinajstić information content (AvgIpc) is 1.89. The second-order valence-corrected chi connectivity index (χ2v) is 32.7. The van der Waals surface area contributed by atoms with Gasteiger partial charge in [0.25, 0.3) is 0 Å². The van der Waals surface area contributed by atoms with Gasteiger partial charge in [-0.3, -0.25) is 72.4 Å². The van der Waals surface area contributed by atoms with E-state index in [0.717, 1.165) is 0 Å². The van der Waals surface area contributed by atoms with Crippen molar-refractivity contribution in [2.24, 2.45) is 40.5 Å². The van der Waals surface area contributed by atoms with Crippen molar-refractivity contribution < 1.29 is 175 Å². The number of guanidine groups is 2. The topological polar surface area (TPSA) is 874 Å². The normalized spacial score (nSPS) is 16.9. The number of amides is 2. The summed E-state index contributed by atoms with van der Waals surface area (Å²) in [6.45, 7) is 7.01. The number of carboxylic acid groups (broad SMARTS) is 1. The van der Waals surface area contributed by atoms with Crippen molar-refractivity contribution in [2.45, 2.75) is 122 Å². The van der Waals surface area contributed by atoms with Crippen molar-refractivity contribution in [1.29, 1.82) is 10.8 Å². The first-order valence-corrected chi connectivity index (χ1v) is 39.4. The van der Waals surface area contributed by atoms with Gasteiger partial charge in [-0.1, -0.05) is 27.7 Å². The van der Waals surface area contributed by atoms with Gasteiger partial charge in [-0.15, -0.1) is 0 Å². The van der Waals surface area contributed by atoms with Crippen LogP contribution in [0.3, 0.4) is 0 Å². The molecular formula is C41H96N11O36P7. The molecule has 0 aromatic heterocycles. The predicted octanol–water partition coefficient (Wildman–Crippen LogP) is -7.23. The molecule has 0 aliphatic carbocycles. The third kappa shape index (κ3) is 70.1. The number of nitrogens with two attached hydrogens (primary N) is 5. The minimum absolute atomic E-state index is 0.00617. The zero-order valence-corrected chi connectivity index (χ0v) is 58.2. The molecule has 566 valence electrons. The summed E-state index contributed by atoms with van der Waals surface area (Å²) in [6, 6.07) is -3.52. The van der Waals surface area contributed by atoms with Crippen molar-refractivity contribution in [2.75, 3.05) is 76.2 Å². The maximum Gasteiger partial charge on any atom is 0.338 e. The van der Waals surface area contributed by atoms with E-state index in [2.05, 4.69) is 20.9 Å². The van der Waals surface area contributed by atoms with Crippen molar-refractivity contribution in [3.05, 3.63) is 0 Å². The van der Waals surface area contributed by atoms with Gasteiger partial charge < -0.3 is 143 Å². The van der Waals surface area contributed by atoms with E-state index in [0.29, 0.717) is 16.5 Å². The predicted molar refractivity (Wildman–Crippen MR) is 330 cm³/mol. The van der Waals surface area contributed by atoms with Gasteiger partial charge in [-0.2, -0.15) is 0 Å². The maximum absolute atomic E-state index is 12.2. The summed E-state index contributed by atoms with van der Waals surface area (Å²) in [6.07, 6.45) is -9.61. The summed E-state index contributed by atoms with van der Waals surface area (Å²) in [4.78, 5) is 177. The molecule has 9 atom stereocenters. The lowest BCUT2D eigenvalue weighted by atomic mass is 10.0. The standard InChI is InChI=1S/C13H28N5O6P.C10H20NO7P.C8H19N4O5P.C3H7O6P.C3H9O5P.C3H7O4P.CH6NO3P/c1-8(2)11(14)12(20)17-9(4-3-6-18(21)13(15)16)10(19)5-7-25(22,23)24;1-6(2)9(11-7(3)12)10(14)18-4-8(13)5-19(15,16)17;9-6(2-1-4-12(14)8(10)11)7(13)3-5-18(15,16)17;4-2(3(5)6)1-10(7,8)9;4-1-3(5)2-9(6,7)8;4-3-1-7-8(5,6)2-3;2-1-6(3,4)5/h8-9,11,21H,3-7,14H2,1-2H3,(H3,15,16)(H,17,20)(H2,22,23,24);6,8-9,13H,4-5H2,1-3H3,(H,11,12)(H2,15,16,17);6,14H,1-5,9H2,(H3,10,11)(H2,15,16,17);2,4H,1H2,(H,5,6)(H2,7,8,9);3-5H,1-2H2,(H2,6,7,8);3-4H,1-2H2,(H,5,6);1-2H2,(H2,3,4,5)/t9?,11-;8-,9+;;;2*3-;/m01..11./s1. The van der Waals surface area contributed by atoms with Crippen LogP contribution in [0.25, 0.3) is 0 Å². The van der Waals surface area contributed by atoms with Crippen LogP contribution >= 0.6 is 53.2 Å². The zero-order valence-electron chi connectivity index (χ0n) is 51.9. The van der Waals surface area contributed by atoms with Crippen LogP contribution in [0.5, 0.6) is 0 Å². The quantitative estimate of drug-likeness (QED) is 0.00954. The first kappa shape index (κ1) is 102. The van der Waals surface area contributed by atoms with Crippen LogP contribution in [-0.2, 0) is 70.0 Å². The molecule has 0 saturated carbocycles. The summed E-state index contributed by atoms with van der Waals surface area (Å²) in [5.74, 6) is -5.74. The molecule has 95 heavy (non-hydrogen) atoms. The lowest BCUT2D eigenvalue weighted by molar-refractivity contribution is -0.151. The van der Waals surface area contributed by atoms with E-state index >= 15 is 0 Å². The third-order valence-corrected chi connectivity index (χ3v) is 16.5. The van der Waals surface area contributed by atoms with E-state index in [1.807, 2.05) is 0 Å². The summed E-state index contributed by atoms with van der Waals surface area (Å²) in [7, 11) is -28.6. The van der Waals surface area contributed by atoms with Gasteiger partial charge in [0.15, 0.2) is 11.9 Å². The molecule has 0 spiro atoms. The molecule has 2 amide bonds. The fraction of sp³-hybridized carbons (Fsp3) is 0.805. The highest BCUT2D eigenvalue weighted by Crippen LogP contribution is 2.47. The monoisotopic (exact) mass is 1540 g/mol. The van der Waals surface area contributed by atoms with E-state index in [9.17, 15) is 71.0 Å². The van der Waals surface area contributed by atoms with Crippen molar-refractivity contribution in [3.63, 3.8) is 0 Å². The van der Waals surface area contributed by atoms with Crippen LogP contribution in [0.15, 0.2) is 0 Å². The van der Waals surface area contributed by atoms with Gasteiger partial charge in [0.05, 0.1) is 92.9 Å². The molecular weight excluding hydrogens is 1440 g/mol. The Hall–Kier alpha value is -3.59. The molecule has 0 aromatic carbocycles. The Kier molecular flexibility index (Phi) is 53.7. The number of aliphatic hydroxyl groups is 5. The van der Waals surface area contributed by atoms with Crippen molar-refractivity contribution >= 4 is 100 Å². The Morgan fingerprint density at radius 1 is 0.663 bits per heavy atom. The van der Waals surface area contributed by atoms with Crippen molar-refractivity contribution in [1.82, 2.24) is 20.8 Å². The minimum atomic E-state index is -4.41. The van der Waals surface area contributed by atoms with Crippen LogP contribution < -0.4 is 39.3 Å². The fourth-order valence-corrected chi connectivity index (χ4v) is 9.68. The number of hydrogen-bond acceptors (Lipinski definition) is 27.